The maximum atomic E-state index is 11.5. The lowest BCUT2D eigenvalue weighted by molar-refractivity contribution is 0.0735. The molecule has 0 bridgehead atoms. The van der Waals surface area contributed by atoms with E-state index in [1.54, 1.807) is 0 Å². The third-order valence-electron chi connectivity index (χ3n) is 2.05. The average Bonchev–Trinajstić information content (AvgIpc) is 2.47. The molecule has 0 fully saturated rings. The first-order valence-electron chi connectivity index (χ1n) is 3.49. The topological polar surface area (TPSA) is 63.3 Å². The summed E-state index contributed by atoms with van der Waals surface area (Å²) in [5.41, 5.74) is 6.92. The molecule has 1 aliphatic carbocycles. The third kappa shape index (κ3) is 1.58. The summed E-state index contributed by atoms with van der Waals surface area (Å²) in [7, 11) is 0. The molecule has 78 valence electrons. The molecule has 2 unspecified atom stereocenters. The summed E-state index contributed by atoms with van der Waals surface area (Å²) >= 11 is 7.98. The maximum absolute atomic E-state index is 11.5. The Morgan fingerprint density at radius 1 is 1.36 bits per heavy atom. The van der Waals surface area contributed by atoms with Gasteiger partial charge < -0.3 is 10.8 Å². The van der Waals surface area contributed by atoms with Gasteiger partial charge in [0.25, 0.3) is 0 Å². The van der Waals surface area contributed by atoms with Gasteiger partial charge in [-0.25, -0.2) is 0 Å². The lowest BCUT2D eigenvalue weighted by Gasteiger charge is -2.07. The van der Waals surface area contributed by atoms with Gasteiger partial charge in [0, 0.05) is 5.56 Å². The monoisotopic (exact) mass is 361 g/mol. The van der Waals surface area contributed by atoms with Gasteiger partial charge in [0.05, 0.1) is 19.2 Å². The van der Waals surface area contributed by atoms with Gasteiger partial charge >= 0.3 is 0 Å². The van der Waals surface area contributed by atoms with Crippen molar-refractivity contribution in [2.24, 2.45) is 5.73 Å². The van der Waals surface area contributed by atoms with Crippen LogP contribution in [0.5, 0.6) is 0 Å². The van der Waals surface area contributed by atoms with Gasteiger partial charge in [0.2, 0.25) is 0 Å². The molecular formula is C7H6Br2ClNO2S. The van der Waals surface area contributed by atoms with Gasteiger partial charge in [-0.2, -0.15) is 0 Å². The van der Waals surface area contributed by atoms with Crippen LogP contribution in [0.2, 0.25) is 0 Å². The number of ketones is 1. The number of carbonyl (C=O) groups is 1. The number of hydrogen-bond donors (Lipinski definition) is 2. The molecular weight excluding hydrogens is 357 g/mol. The van der Waals surface area contributed by atoms with Gasteiger partial charge in [-0.15, -0.1) is 23.7 Å². The highest BCUT2D eigenvalue weighted by Crippen LogP contribution is 2.45. The van der Waals surface area contributed by atoms with Crippen LogP contribution in [-0.2, 0) is 0 Å². The van der Waals surface area contributed by atoms with E-state index in [9.17, 15) is 9.90 Å². The number of thiophene rings is 1. The van der Waals surface area contributed by atoms with Gasteiger partial charge in [-0.05, 0) is 31.9 Å². The summed E-state index contributed by atoms with van der Waals surface area (Å²) in [6, 6.07) is -0.598. The first-order chi connectivity index (χ1) is 6.04. The van der Waals surface area contributed by atoms with Crippen molar-refractivity contribution in [3.63, 3.8) is 0 Å². The van der Waals surface area contributed by atoms with Crippen LogP contribution in [0, 0.1) is 0 Å². The second kappa shape index (κ2) is 4.19. The maximum Gasteiger partial charge on any atom is 0.195 e. The molecule has 0 saturated heterocycles. The summed E-state index contributed by atoms with van der Waals surface area (Å²) in [5, 5.41) is 9.41. The molecule has 0 spiro atoms. The largest absolute Gasteiger partial charge is 0.383 e. The molecule has 1 aliphatic rings. The Kier molecular flexibility index (Phi) is 3.77. The first-order valence-corrected chi connectivity index (χ1v) is 5.90. The molecule has 3 N–H and O–H groups in total. The molecule has 1 aromatic rings. The molecule has 0 aromatic carbocycles. The van der Waals surface area contributed by atoms with Crippen molar-refractivity contribution in [1.29, 1.82) is 0 Å². The predicted molar refractivity (Wildman–Crippen MR) is 64.2 cm³/mol. The number of aliphatic hydroxyl groups excluding tert-OH is 1. The van der Waals surface area contributed by atoms with Gasteiger partial charge in [0.15, 0.2) is 5.78 Å². The third-order valence-corrected chi connectivity index (χ3v) is 4.62. The summed E-state index contributed by atoms with van der Waals surface area (Å²) < 4.78 is 1.54. The van der Waals surface area contributed by atoms with E-state index in [2.05, 4.69) is 31.9 Å². The number of fused-ring (bicyclic) bond motifs is 1. The van der Waals surface area contributed by atoms with E-state index in [1.807, 2.05) is 0 Å². The predicted octanol–water partition coefficient (Wildman–Crippen LogP) is 2.25. The summed E-state index contributed by atoms with van der Waals surface area (Å²) in [5.74, 6) is -0.295. The smallest absolute Gasteiger partial charge is 0.195 e. The molecule has 0 aliphatic heterocycles. The minimum atomic E-state index is -1.09. The van der Waals surface area contributed by atoms with Crippen molar-refractivity contribution in [2.75, 3.05) is 0 Å². The van der Waals surface area contributed by atoms with Crippen molar-refractivity contribution in [3.05, 3.63) is 18.7 Å². The van der Waals surface area contributed by atoms with E-state index in [-0.39, 0.29) is 18.2 Å². The number of nitrogens with two attached hydrogens (primary N) is 1. The number of hydrogen-bond acceptors (Lipinski definition) is 4. The lowest BCUT2D eigenvalue weighted by atomic mass is 10.2. The van der Waals surface area contributed by atoms with Crippen LogP contribution < -0.4 is 5.73 Å². The number of Topliss-reactive ketones (excluding diaryl/α,β-unsaturated/α-hetero) is 1. The van der Waals surface area contributed by atoms with E-state index >= 15 is 0 Å². The van der Waals surface area contributed by atoms with Crippen molar-refractivity contribution in [2.45, 2.75) is 12.1 Å². The SMILES string of the molecule is Cl.NC1c2c(Br)sc(Br)c2C(=O)C1O. The van der Waals surface area contributed by atoms with E-state index < -0.39 is 12.1 Å². The van der Waals surface area contributed by atoms with Crippen LogP contribution >= 0.6 is 55.6 Å². The zero-order valence-electron chi connectivity index (χ0n) is 6.66. The number of halogens is 3. The van der Waals surface area contributed by atoms with E-state index in [0.29, 0.717) is 5.56 Å². The van der Waals surface area contributed by atoms with Crippen molar-refractivity contribution < 1.29 is 9.90 Å². The second-order valence-corrected chi connectivity index (χ2v) is 6.43. The molecule has 0 radical (unpaired) electrons. The number of carbonyl (C=O) groups excluding carboxylic acids is 1. The summed E-state index contributed by atoms with van der Waals surface area (Å²) in [4.78, 5) is 11.5. The molecule has 7 heteroatoms. The second-order valence-electron chi connectivity index (χ2n) is 2.77. The molecule has 2 rings (SSSR count). The summed E-state index contributed by atoms with van der Waals surface area (Å²) in [6.45, 7) is 0. The van der Waals surface area contributed by atoms with Crippen LogP contribution in [0.4, 0.5) is 0 Å². The molecule has 2 atom stereocenters. The van der Waals surface area contributed by atoms with Crippen molar-refractivity contribution >= 4 is 61.4 Å². The molecule has 1 aromatic heterocycles. The van der Waals surface area contributed by atoms with Gasteiger partial charge in [-0.3, -0.25) is 4.79 Å². The van der Waals surface area contributed by atoms with E-state index in [4.69, 9.17) is 5.73 Å². The van der Waals surface area contributed by atoms with Crippen molar-refractivity contribution in [3.8, 4) is 0 Å². The van der Waals surface area contributed by atoms with Crippen LogP contribution in [0.3, 0.4) is 0 Å². The number of rotatable bonds is 0. The fourth-order valence-corrected chi connectivity index (χ4v) is 4.70. The molecule has 14 heavy (non-hydrogen) atoms. The number of aliphatic hydroxyl groups is 1. The normalized spacial score (nSPS) is 24.7. The Labute approximate surface area is 107 Å². The Hall–Kier alpha value is 0.540. The molecule has 1 heterocycles. The Morgan fingerprint density at radius 3 is 2.43 bits per heavy atom. The highest BCUT2D eigenvalue weighted by molar-refractivity contribution is 9.12. The molecule has 0 saturated carbocycles. The zero-order chi connectivity index (χ0) is 9.75. The lowest BCUT2D eigenvalue weighted by Crippen LogP contribution is -2.25. The summed E-state index contributed by atoms with van der Waals surface area (Å²) in [6.07, 6.45) is -1.09. The van der Waals surface area contributed by atoms with E-state index in [0.717, 1.165) is 13.1 Å². The van der Waals surface area contributed by atoms with Crippen LogP contribution in [0.15, 0.2) is 7.57 Å². The standard InChI is InChI=1S/C7H5Br2NO2S.ClH/c8-6-1-2(7(9)13-6)4(11)5(12)3(1)10;/h3,5,12H,10H2;1H. The fourth-order valence-electron chi connectivity index (χ4n) is 1.38. The van der Waals surface area contributed by atoms with Crippen LogP contribution in [-0.4, -0.2) is 17.0 Å². The van der Waals surface area contributed by atoms with Crippen molar-refractivity contribution in [1.82, 2.24) is 0 Å². The fraction of sp³-hybridized carbons (Fsp3) is 0.286. The minimum absolute atomic E-state index is 0. The first kappa shape index (κ1) is 12.6. The zero-order valence-corrected chi connectivity index (χ0v) is 11.5. The van der Waals surface area contributed by atoms with Crippen LogP contribution in [0.1, 0.15) is 22.0 Å². The van der Waals surface area contributed by atoms with E-state index in [1.165, 1.54) is 11.3 Å². The Morgan fingerprint density at radius 2 is 1.93 bits per heavy atom. The van der Waals surface area contributed by atoms with Crippen LogP contribution in [0.25, 0.3) is 0 Å². The van der Waals surface area contributed by atoms with Gasteiger partial charge in [0.1, 0.15) is 6.10 Å². The highest BCUT2D eigenvalue weighted by atomic mass is 79.9. The highest BCUT2D eigenvalue weighted by Gasteiger charge is 2.40. The minimum Gasteiger partial charge on any atom is -0.383 e. The Bertz CT molecular complexity index is 395. The molecule has 3 nitrogen and oxygen atoms in total. The quantitative estimate of drug-likeness (QED) is 0.743. The average molecular weight is 363 g/mol. The Balaban J connectivity index is 0.000000980. The molecule has 0 amide bonds. The van der Waals surface area contributed by atoms with Gasteiger partial charge in [-0.1, -0.05) is 0 Å².